The van der Waals surface area contributed by atoms with Gasteiger partial charge in [0.1, 0.15) is 5.75 Å². The number of thioether (sulfide) groups is 1. The number of carbonyl (C=O) groups excluding carboxylic acids is 2. The molecule has 0 saturated heterocycles. The third kappa shape index (κ3) is 5.45. The van der Waals surface area contributed by atoms with Gasteiger partial charge in [-0.15, -0.1) is 23.1 Å². The van der Waals surface area contributed by atoms with Crippen LogP contribution in [0.1, 0.15) is 19.8 Å². The second kappa shape index (κ2) is 9.53. The van der Waals surface area contributed by atoms with Crippen LogP contribution in [-0.2, 0) is 9.59 Å². The normalized spacial score (nSPS) is 14.0. The molecule has 8 heteroatoms. The number of ether oxygens (including phenoxy) is 1. The molecule has 0 aliphatic heterocycles. The standard InChI is InChI=1S/C23H23N3O3S2/c1-14(31-17-11-9-16(10-12-17)24-22(28)15-7-8-15)21(27)26-23-25-19(13-30-23)18-5-3-4-6-20(18)29-2/h3-6,9-15H,7-8H2,1-2H3,(H,24,28)(H,25,26,27). The van der Waals surface area contributed by atoms with Crippen molar-refractivity contribution in [3.63, 3.8) is 0 Å². The molecule has 160 valence electrons. The number of hydrogen-bond donors (Lipinski definition) is 2. The Kier molecular flexibility index (Phi) is 6.58. The van der Waals surface area contributed by atoms with Crippen molar-refractivity contribution < 1.29 is 14.3 Å². The Hall–Kier alpha value is -2.84. The van der Waals surface area contributed by atoms with Gasteiger partial charge in [0.15, 0.2) is 5.13 Å². The van der Waals surface area contributed by atoms with Gasteiger partial charge in [-0.1, -0.05) is 12.1 Å². The van der Waals surface area contributed by atoms with E-state index < -0.39 is 0 Å². The second-order valence-corrected chi connectivity index (χ2v) is 9.55. The number of anilines is 2. The van der Waals surface area contributed by atoms with E-state index in [1.54, 1.807) is 7.11 Å². The fourth-order valence-electron chi connectivity index (χ4n) is 2.98. The van der Waals surface area contributed by atoms with E-state index in [1.165, 1.54) is 23.1 Å². The molecule has 0 radical (unpaired) electrons. The molecule has 0 bridgehead atoms. The summed E-state index contributed by atoms with van der Waals surface area (Å²) in [4.78, 5) is 30.0. The van der Waals surface area contributed by atoms with Gasteiger partial charge in [-0.05, 0) is 56.2 Å². The molecule has 2 aromatic carbocycles. The number of amides is 2. The number of para-hydroxylation sites is 1. The van der Waals surface area contributed by atoms with Gasteiger partial charge in [0.05, 0.1) is 18.1 Å². The summed E-state index contributed by atoms with van der Waals surface area (Å²) in [5.41, 5.74) is 2.44. The third-order valence-electron chi connectivity index (χ3n) is 4.87. The molecule has 1 fully saturated rings. The van der Waals surface area contributed by atoms with E-state index in [0.29, 0.717) is 5.13 Å². The van der Waals surface area contributed by atoms with E-state index in [4.69, 9.17) is 4.74 Å². The van der Waals surface area contributed by atoms with Crippen molar-refractivity contribution in [1.29, 1.82) is 0 Å². The predicted molar refractivity (Wildman–Crippen MR) is 126 cm³/mol. The van der Waals surface area contributed by atoms with Crippen molar-refractivity contribution >= 4 is 45.7 Å². The first-order valence-corrected chi connectivity index (χ1v) is 11.8. The average molecular weight is 454 g/mol. The van der Waals surface area contributed by atoms with Gasteiger partial charge in [-0.2, -0.15) is 0 Å². The first-order valence-electron chi connectivity index (χ1n) is 10.0. The topological polar surface area (TPSA) is 80.3 Å². The molecular formula is C23H23N3O3S2. The molecular weight excluding hydrogens is 430 g/mol. The first-order chi connectivity index (χ1) is 15.0. The number of thiazole rings is 1. The smallest absolute Gasteiger partial charge is 0.239 e. The number of benzene rings is 2. The Bertz CT molecular complexity index is 1080. The summed E-state index contributed by atoms with van der Waals surface area (Å²) >= 11 is 2.84. The van der Waals surface area contributed by atoms with Crippen LogP contribution in [0.5, 0.6) is 5.75 Å². The van der Waals surface area contributed by atoms with Gasteiger partial charge in [0.25, 0.3) is 0 Å². The van der Waals surface area contributed by atoms with Crippen LogP contribution in [0, 0.1) is 5.92 Å². The summed E-state index contributed by atoms with van der Waals surface area (Å²) in [5.74, 6) is 0.889. The number of rotatable bonds is 8. The maximum Gasteiger partial charge on any atom is 0.239 e. The lowest BCUT2D eigenvalue weighted by Gasteiger charge is -2.11. The molecule has 1 aromatic heterocycles. The van der Waals surface area contributed by atoms with Gasteiger partial charge in [0.2, 0.25) is 11.8 Å². The highest BCUT2D eigenvalue weighted by Gasteiger charge is 2.29. The Labute approximate surface area is 189 Å². The maximum atomic E-state index is 12.6. The molecule has 6 nitrogen and oxygen atoms in total. The molecule has 2 N–H and O–H groups in total. The lowest BCUT2D eigenvalue weighted by atomic mass is 10.1. The SMILES string of the molecule is COc1ccccc1-c1csc(NC(=O)C(C)Sc2ccc(NC(=O)C3CC3)cc2)n1. The van der Waals surface area contributed by atoms with Crippen LogP contribution in [0.15, 0.2) is 58.8 Å². The Morgan fingerprint density at radius 2 is 1.87 bits per heavy atom. The van der Waals surface area contributed by atoms with Crippen LogP contribution < -0.4 is 15.4 Å². The summed E-state index contributed by atoms with van der Waals surface area (Å²) in [7, 11) is 1.63. The molecule has 1 aliphatic carbocycles. The fraction of sp³-hybridized carbons (Fsp3) is 0.261. The molecule has 1 unspecified atom stereocenters. The largest absolute Gasteiger partial charge is 0.496 e. The van der Waals surface area contributed by atoms with E-state index in [1.807, 2.05) is 60.8 Å². The number of nitrogens with zero attached hydrogens (tertiary/aromatic N) is 1. The zero-order valence-corrected chi connectivity index (χ0v) is 18.9. The quantitative estimate of drug-likeness (QED) is 0.453. The first kappa shape index (κ1) is 21.4. The molecule has 1 heterocycles. The highest BCUT2D eigenvalue weighted by Crippen LogP contribution is 2.33. The van der Waals surface area contributed by atoms with Gasteiger partial charge in [-0.25, -0.2) is 4.98 Å². The highest BCUT2D eigenvalue weighted by molar-refractivity contribution is 8.00. The van der Waals surface area contributed by atoms with E-state index in [9.17, 15) is 9.59 Å². The van der Waals surface area contributed by atoms with Crippen LogP contribution in [0.25, 0.3) is 11.3 Å². The van der Waals surface area contributed by atoms with E-state index in [-0.39, 0.29) is 23.0 Å². The van der Waals surface area contributed by atoms with Crippen LogP contribution >= 0.6 is 23.1 Å². The minimum absolute atomic E-state index is 0.0871. The van der Waals surface area contributed by atoms with Crippen LogP contribution in [0.3, 0.4) is 0 Å². The van der Waals surface area contributed by atoms with Gasteiger partial charge in [-0.3, -0.25) is 9.59 Å². The molecule has 31 heavy (non-hydrogen) atoms. The summed E-state index contributed by atoms with van der Waals surface area (Å²) in [6.07, 6.45) is 1.96. The monoisotopic (exact) mass is 453 g/mol. The molecule has 2 amide bonds. The number of aromatic nitrogens is 1. The summed E-state index contributed by atoms with van der Waals surface area (Å²) in [5, 5.41) is 7.97. The summed E-state index contributed by atoms with van der Waals surface area (Å²) in [6, 6.07) is 15.2. The van der Waals surface area contributed by atoms with Crippen molar-refractivity contribution in [2.75, 3.05) is 17.7 Å². The Morgan fingerprint density at radius 1 is 1.13 bits per heavy atom. The molecule has 0 spiro atoms. The number of hydrogen-bond acceptors (Lipinski definition) is 6. The van der Waals surface area contributed by atoms with Crippen molar-refractivity contribution in [1.82, 2.24) is 4.98 Å². The van der Waals surface area contributed by atoms with Crippen LogP contribution in [0.2, 0.25) is 0 Å². The molecule has 3 aromatic rings. The average Bonchev–Trinajstić information content (AvgIpc) is 3.54. The minimum atomic E-state index is -0.300. The molecule has 1 saturated carbocycles. The third-order valence-corrected chi connectivity index (χ3v) is 6.74. The second-order valence-electron chi connectivity index (χ2n) is 7.28. The number of methoxy groups -OCH3 is 1. The summed E-state index contributed by atoms with van der Waals surface area (Å²) in [6.45, 7) is 1.86. The van der Waals surface area contributed by atoms with E-state index >= 15 is 0 Å². The van der Waals surface area contributed by atoms with Gasteiger partial charge in [0, 0.05) is 27.4 Å². The molecule has 4 rings (SSSR count). The number of nitrogens with one attached hydrogen (secondary N) is 2. The van der Waals surface area contributed by atoms with Crippen molar-refractivity contribution in [2.45, 2.75) is 29.9 Å². The van der Waals surface area contributed by atoms with Gasteiger partial charge >= 0.3 is 0 Å². The van der Waals surface area contributed by atoms with Crippen molar-refractivity contribution in [2.24, 2.45) is 5.92 Å². The maximum absolute atomic E-state index is 12.6. The zero-order chi connectivity index (χ0) is 21.8. The molecule has 1 aliphatic rings. The van der Waals surface area contributed by atoms with Crippen LogP contribution in [0.4, 0.5) is 10.8 Å². The van der Waals surface area contributed by atoms with Gasteiger partial charge < -0.3 is 15.4 Å². The molecule has 1 atom stereocenters. The highest BCUT2D eigenvalue weighted by atomic mass is 32.2. The minimum Gasteiger partial charge on any atom is -0.496 e. The number of carbonyl (C=O) groups is 2. The lowest BCUT2D eigenvalue weighted by Crippen LogP contribution is -2.22. The van der Waals surface area contributed by atoms with Crippen molar-refractivity contribution in [3.05, 3.63) is 53.9 Å². The Balaban J connectivity index is 1.33. The van der Waals surface area contributed by atoms with Crippen LogP contribution in [-0.4, -0.2) is 29.2 Å². The summed E-state index contributed by atoms with van der Waals surface area (Å²) < 4.78 is 5.39. The van der Waals surface area contributed by atoms with E-state index in [0.717, 1.165) is 40.4 Å². The van der Waals surface area contributed by atoms with Crippen molar-refractivity contribution in [3.8, 4) is 17.0 Å². The fourth-order valence-corrected chi connectivity index (χ4v) is 4.56. The zero-order valence-electron chi connectivity index (χ0n) is 17.3. The lowest BCUT2D eigenvalue weighted by molar-refractivity contribution is -0.117. The predicted octanol–water partition coefficient (Wildman–Crippen LogP) is 5.29. The van der Waals surface area contributed by atoms with E-state index in [2.05, 4.69) is 15.6 Å². The Morgan fingerprint density at radius 3 is 2.58 bits per heavy atom.